The number of likely N-dealkylation sites (N-methyl/N-ethyl adjacent to an activating group) is 1. The molecule has 1 rings (SSSR count). The second-order valence-electron chi connectivity index (χ2n) is 5.37. The number of hydrogen-bond donors (Lipinski definition) is 2. The van der Waals surface area contributed by atoms with E-state index in [1.807, 2.05) is 0 Å². The Balaban J connectivity index is 2.26. The number of ether oxygens (including phenoxy) is 1. The van der Waals surface area contributed by atoms with Crippen LogP contribution in [0, 0.1) is 5.92 Å². The molecule has 0 spiro atoms. The Bertz CT molecular complexity index is 253. The van der Waals surface area contributed by atoms with Gasteiger partial charge in [0.15, 0.2) is 0 Å². The van der Waals surface area contributed by atoms with Crippen LogP contribution < -0.4 is 5.73 Å². The molecule has 0 aromatic heterocycles. The van der Waals surface area contributed by atoms with E-state index < -0.39 is 6.10 Å². The summed E-state index contributed by atoms with van der Waals surface area (Å²) in [5.74, 6) is 0.560. The summed E-state index contributed by atoms with van der Waals surface area (Å²) in [6, 6.07) is 0.317. The van der Waals surface area contributed by atoms with Gasteiger partial charge in [0.2, 0.25) is 5.91 Å². The predicted octanol–water partition coefficient (Wildman–Crippen LogP) is 0.360. The first-order valence-corrected chi connectivity index (χ1v) is 6.69. The summed E-state index contributed by atoms with van der Waals surface area (Å²) < 4.78 is 4.84. The lowest BCUT2D eigenvalue weighted by molar-refractivity contribution is -0.132. The van der Waals surface area contributed by atoms with Gasteiger partial charge in [0, 0.05) is 33.2 Å². The van der Waals surface area contributed by atoms with Crippen LogP contribution in [0.5, 0.6) is 0 Å². The Morgan fingerprint density at radius 3 is 2.61 bits per heavy atom. The molecule has 0 heterocycles. The largest absolute Gasteiger partial charge is 0.389 e. The van der Waals surface area contributed by atoms with Crippen molar-refractivity contribution in [2.75, 3.05) is 27.3 Å². The van der Waals surface area contributed by atoms with Gasteiger partial charge in [0.25, 0.3) is 0 Å². The van der Waals surface area contributed by atoms with E-state index >= 15 is 0 Å². The Hall–Kier alpha value is -0.650. The third-order valence-corrected chi connectivity index (χ3v) is 3.62. The van der Waals surface area contributed by atoms with Gasteiger partial charge in [-0.3, -0.25) is 4.79 Å². The van der Waals surface area contributed by atoms with Crippen molar-refractivity contribution in [1.82, 2.24) is 4.90 Å². The van der Waals surface area contributed by atoms with Crippen LogP contribution in [0.3, 0.4) is 0 Å². The van der Waals surface area contributed by atoms with E-state index in [1.54, 1.807) is 11.9 Å². The van der Waals surface area contributed by atoms with E-state index in [4.69, 9.17) is 10.5 Å². The molecule has 5 heteroatoms. The maximum Gasteiger partial charge on any atom is 0.222 e. The van der Waals surface area contributed by atoms with Crippen molar-refractivity contribution >= 4 is 5.91 Å². The molecular formula is C13H26N2O3. The molecule has 0 saturated heterocycles. The highest BCUT2D eigenvalue weighted by Gasteiger charge is 2.23. The SMILES string of the molecule is COCC(O)CN(C)C(=O)CC1CCC(N)CC1. The predicted molar refractivity (Wildman–Crippen MR) is 70.1 cm³/mol. The van der Waals surface area contributed by atoms with Gasteiger partial charge in [-0.1, -0.05) is 0 Å². The first kappa shape index (κ1) is 15.4. The molecule has 1 fully saturated rings. The zero-order valence-electron chi connectivity index (χ0n) is 11.5. The second kappa shape index (κ2) is 7.71. The van der Waals surface area contributed by atoms with E-state index in [0.717, 1.165) is 25.7 Å². The second-order valence-corrected chi connectivity index (χ2v) is 5.37. The van der Waals surface area contributed by atoms with Crippen LogP contribution in [-0.4, -0.2) is 55.4 Å². The molecule has 1 atom stereocenters. The summed E-state index contributed by atoms with van der Waals surface area (Å²) in [4.78, 5) is 13.6. The van der Waals surface area contributed by atoms with Crippen LogP contribution in [0.25, 0.3) is 0 Å². The van der Waals surface area contributed by atoms with Crippen molar-refractivity contribution in [3.8, 4) is 0 Å². The van der Waals surface area contributed by atoms with Crippen molar-refractivity contribution < 1.29 is 14.6 Å². The molecule has 0 aromatic carbocycles. The molecule has 0 aromatic rings. The summed E-state index contributed by atoms with van der Waals surface area (Å²) >= 11 is 0. The van der Waals surface area contributed by atoms with E-state index in [0.29, 0.717) is 24.9 Å². The molecule has 0 aliphatic heterocycles. The fraction of sp³-hybridized carbons (Fsp3) is 0.923. The van der Waals surface area contributed by atoms with Gasteiger partial charge in [-0.25, -0.2) is 0 Å². The van der Waals surface area contributed by atoms with Gasteiger partial charge in [0.05, 0.1) is 12.7 Å². The lowest BCUT2D eigenvalue weighted by atomic mass is 9.84. The lowest BCUT2D eigenvalue weighted by Crippen LogP contribution is -2.37. The fourth-order valence-corrected chi connectivity index (χ4v) is 2.46. The van der Waals surface area contributed by atoms with E-state index in [1.165, 1.54) is 7.11 Å². The zero-order valence-corrected chi connectivity index (χ0v) is 11.5. The molecule has 1 amide bonds. The van der Waals surface area contributed by atoms with Crippen LogP contribution in [0.4, 0.5) is 0 Å². The van der Waals surface area contributed by atoms with Crippen LogP contribution in [-0.2, 0) is 9.53 Å². The molecule has 0 bridgehead atoms. The molecule has 1 aliphatic rings. The van der Waals surface area contributed by atoms with Gasteiger partial charge in [0.1, 0.15) is 0 Å². The van der Waals surface area contributed by atoms with E-state index in [9.17, 15) is 9.90 Å². The van der Waals surface area contributed by atoms with Gasteiger partial charge < -0.3 is 20.5 Å². The number of aliphatic hydroxyl groups excluding tert-OH is 1. The van der Waals surface area contributed by atoms with Crippen LogP contribution >= 0.6 is 0 Å². The Labute approximate surface area is 109 Å². The maximum absolute atomic E-state index is 12.0. The third kappa shape index (κ3) is 5.33. The highest BCUT2D eigenvalue weighted by molar-refractivity contribution is 5.76. The van der Waals surface area contributed by atoms with Gasteiger partial charge in [-0.15, -0.1) is 0 Å². The lowest BCUT2D eigenvalue weighted by Gasteiger charge is -2.28. The molecule has 18 heavy (non-hydrogen) atoms. The highest BCUT2D eigenvalue weighted by atomic mass is 16.5. The summed E-state index contributed by atoms with van der Waals surface area (Å²) in [6.45, 7) is 0.592. The number of carbonyl (C=O) groups is 1. The monoisotopic (exact) mass is 258 g/mol. The number of aliphatic hydroxyl groups is 1. The van der Waals surface area contributed by atoms with Crippen molar-refractivity contribution in [3.63, 3.8) is 0 Å². The first-order valence-electron chi connectivity index (χ1n) is 6.69. The Kier molecular flexibility index (Phi) is 6.60. The number of nitrogens with zero attached hydrogens (tertiary/aromatic N) is 1. The number of methoxy groups -OCH3 is 1. The maximum atomic E-state index is 12.0. The minimum Gasteiger partial charge on any atom is -0.389 e. The minimum absolute atomic E-state index is 0.102. The van der Waals surface area contributed by atoms with E-state index in [2.05, 4.69) is 0 Å². The quantitative estimate of drug-likeness (QED) is 0.721. The average molecular weight is 258 g/mol. The number of carbonyl (C=O) groups excluding carboxylic acids is 1. The number of rotatable bonds is 6. The van der Waals surface area contributed by atoms with Crippen LogP contribution in [0.2, 0.25) is 0 Å². The van der Waals surface area contributed by atoms with Crippen LogP contribution in [0.1, 0.15) is 32.1 Å². The van der Waals surface area contributed by atoms with Crippen molar-refractivity contribution in [2.45, 2.75) is 44.2 Å². The van der Waals surface area contributed by atoms with Gasteiger partial charge >= 0.3 is 0 Å². The van der Waals surface area contributed by atoms with E-state index in [-0.39, 0.29) is 12.5 Å². The van der Waals surface area contributed by atoms with Crippen LogP contribution in [0.15, 0.2) is 0 Å². The molecule has 1 saturated carbocycles. The normalized spacial score (nSPS) is 25.8. The highest BCUT2D eigenvalue weighted by Crippen LogP contribution is 2.26. The topological polar surface area (TPSA) is 75.8 Å². The first-order chi connectivity index (χ1) is 8.52. The molecule has 106 valence electrons. The van der Waals surface area contributed by atoms with Gasteiger partial charge in [-0.2, -0.15) is 0 Å². The molecule has 1 aliphatic carbocycles. The summed E-state index contributed by atoms with van der Waals surface area (Å²) in [5, 5.41) is 9.57. The number of hydrogen-bond acceptors (Lipinski definition) is 4. The molecular weight excluding hydrogens is 232 g/mol. The van der Waals surface area contributed by atoms with Gasteiger partial charge in [-0.05, 0) is 31.6 Å². The standard InChI is InChI=1S/C13H26N2O3/c1-15(8-12(16)9-18-2)13(17)7-10-3-5-11(14)6-4-10/h10-12,16H,3-9,14H2,1-2H3. The third-order valence-electron chi connectivity index (χ3n) is 3.62. The summed E-state index contributed by atoms with van der Waals surface area (Å²) in [6.07, 6.45) is 4.09. The minimum atomic E-state index is -0.608. The molecule has 3 N–H and O–H groups in total. The zero-order chi connectivity index (χ0) is 13.5. The smallest absolute Gasteiger partial charge is 0.222 e. The molecule has 5 nitrogen and oxygen atoms in total. The fourth-order valence-electron chi connectivity index (χ4n) is 2.46. The summed E-state index contributed by atoms with van der Waals surface area (Å²) in [7, 11) is 3.27. The number of amides is 1. The Morgan fingerprint density at radius 1 is 1.44 bits per heavy atom. The van der Waals surface area contributed by atoms with Crippen molar-refractivity contribution in [1.29, 1.82) is 0 Å². The van der Waals surface area contributed by atoms with Crippen molar-refractivity contribution in [2.24, 2.45) is 11.7 Å². The summed E-state index contributed by atoms with van der Waals surface area (Å²) in [5.41, 5.74) is 5.84. The Morgan fingerprint density at radius 2 is 2.06 bits per heavy atom. The molecule has 0 radical (unpaired) electrons. The van der Waals surface area contributed by atoms with Crippen molar-refractivity contribution in [3.05, 3.63) is 0 Å². The number of nitrogens with two attached hydrogens (primary N) is 1. The average Bonchev–Trinajstić information content (AvgIpc) is 2.32. The molecule has 1 unspecified atom stereocenters.